The van der Waals surface area contributed by atoms with Crippen molar-refractivity contribution in [1.29, 1.82) is 0 Å². The summed E-state index contributed by atoms with van der Waals surface area (Å²) in [7, 11) is 0. The number of benzene rings is 1. The fourth-order valence-corrected chi connectivity index (χ4v) is 3.10. The third kappa shape index (κ3) is 7.02. The van der Waals surface area contributed by atoms with E-state index in [0.717, 1.165) is 31.8 Å². The molecule has 0 bridgehead atoms. The summed E-state index contributed by atoms with van der Waals surface area (Å²) < 4.78 is 0. The molecule has 1 aromatic rings. The second kappa shape index (κ2) is 10.1. The first-order chi connectivity index (χ1) is 12.9. The molecular weight excluding hydrogens is 344 g/mol. The summed E-state index contributed by atoms with van der Waals surface area (Å²) >= 11 is 0. The monoisotopic (exact) mass is 374 g/mol. The van der Waals surface area contributed by atoms with Crippen molar-refractivity contribution in [3.63, 3.8) is 0 Å². The average Bonchev–Trinajstić information content (AvgIpc) is 2.62. The summed E-state index contributed by atoms with van der Waals surface area (Å²) in [4.78, 5) is 39.6. The number of likely N-dealkylation sites (tertiary alicyclic amines) is 1. The Kier molecular flexibility index (Phi) is 7.79. The van der Waals surface area contributed by atoms with Gasteiger partial charge in [-0.05, 0) is 63.0 Å². The van der Waals surface area contributed by atoms with E-state index in [1.807, 2.05) is 6.92 Å². The summed E-state index contributed by atoms with van der Waals surface area (Å²) in [5.41, 5.74) is 1.30. The molecule has 1 aliphatic heterocycles. The number of carbonyl (C=O) groups excluding carboxylic acids is 3. The van der Waals surface area contributed by atoms with E-state index >= 15 is 0 Å². The number of carbonyl (C=O) groups is 3. The Morgan fingerprint density at radius 2 is 1.63 bits per heavy atom. The van der Waals surface area contributed by atoms with Gasteiger partial charge in [-0.25, -0.2) is 0 Å². The lowest BCUT2D eigenvalue weighted by Crippen LogP contribution is -2.45. The van der Waals surface area contributed by atoms with E-state index < -0.39 is 0 Å². The molecule has 1 aliphatic rings. The Labute approximate surface area is 161 Å². The highest BCUT2D eigenvalue weighted by atomic mass is 16.2. The molecule has 1 saturated heterocycles. The Balaban J connectivity index is 1.83. The van der Waals surface area contributed by atoms with Crippen LogP contribution in [0.25, 0.3) is 0 Å². The molecule has 1 heterocycles. The molecule has 148 valence electrons. The lowest BCUT2D eigenvalue weighted by atomic mass is 9.99. The highest BCUT2D eigenvalue weighted by molar-refractivity contribution is 5.95. The van der Waals surface area contributed by atoms with E-state index in [2.05, 4.69) is 22.5 Å². The number of nitrogens with one attached hydrogen (secondary N) is 2. The minimum atomic E-state index is -0.232. The van der Waals surface area contributed by atoms with Gasteiger partial charge in [0.05, 0.1) is 13.1 Å². The third-order valence-electron chi connectivity index (χ3n) is 4.79. The van der Waals surface area contributed by atoms with Crippen LogP contribution in [0.2, 0.25) is 0 Å². The predicted molar refractivity (Wildman–Crippen MR) is 106 cm³/mol. The first-order valence-corrected chi connectivity index (χ1v) is 9.55. The lowest BCUT2D eigenvalue weighted by molar-refractivity contribution is -0.135. The van der Waals surface area contributed by atoms with Crippen molar-refractivity contribution in [2.45, 2.75) is 33.6 Å². The van der Waals surface area contributed by atoms with Gasteiger partial charge in [-0.1, -0.05) is 6.92 Å². The van der Waals surface area contributed by atoms with Crippen molar-refractivity contribution in [1.82, 2.24) is 9.80 Å². The van der Waals surface area contributed by atoms with Gasteiger partial charge >= 0.3 is 0 Å². The predicted octanol–water partition coefficient (Wildman–Crippen LogP) is 2.16. The van der Waals surface area contributed by atoms with E-state index in [1.165, 1.54) is 6.92 Å². The second-order valence-corrected chi connectivity index (χ2v) is 7.17. The Bertz CT molecular complexity index is 652. The minimum Gasteiger partial charge on any atom is -0.333 e. The van der Waals surface area contributed by atoms with Gasteiger partial charge in [-0.2, -0.15) is 0 Å². The van der Waals surface area contributed by atoms with Gasteiger partial charge in [-0.3, -0.25) is 19.3 Å². The van der Waals surface area contributed by atoms with Crippen LogP contribution in [0.3, 0.4) is 0 Å². The Hall–Kier alpha value is -2.41. The van der Waals surface area contributed by atoms with Gasteiger partial charge < -0.3 is 15.5 Å². The Morgan fingerprint density at radius 1 is 1.07 bits per heavy atom. The third-order valence-corrected chi connectivity index (χ3v) is 4.79. The van der Waals surface area contributed by atoms with E-state index in [9.17, 15) is 14.4 Å². The Morgan fingerprint density at radius 3 is 2.15 bits per heavy atom. The van der Waals surface area contributed by atoms with Gasteiger partial charge in [0.2, 0.25) is 17.7 Å². The summed E-state index contributed by atoms with van der Waals surface area (Å²) in [6, 6.07) is 6.88. The molecule has 1 fully saturated rings. The molecule has 0 radical (unpaired) electrons. The molecule has 0 spiro atoms. The maximum Gasteiger partial charge on any atom is 0.243 e. The lowest BCUT2D eigenvalue weighted by Gasteiger charge is -2.31. The molecule has 3 amide bonds. The molecule has 0 aromatic heterocycles. The van der Waals surface area contributed by atoms with Crippen molar-refractivity contribution < 1.29 is 14.4 Å². The van der Waals surface area contributed by atoms with Crippen LogP contribution in [-0.4, -0.2) is 60.2 Å². The number of nitrogens with zero attached hydrogens (tertiary/aromatic N) is 2. The van der Waals surface area contributed by atoms with Crippen molar-refractivity contribution in [2.75, 3.05) is 43.4 Å². The van der Waals surface area contributed by atoms with Crippen molar-refractivity contribution in [3.8, 4) is 0 Å². The molecule has 2 rings (SSSR count). The highest BCUT2D eigenvalue weighted by Crippen LogP contribution is 2.16. The van der Waals surface area contributed by atoms with Gasteiger partial charge in [0, 0.05) is 24.8 Å². The van der Waals surface area contributed by atoms with Gasteiger partial charge in [0.1, 0.15) is 0 Å². The molecule has 0 aliphatic carbocycles. The number of rotatable bonds is 7. The first-order valence-electron chi connectivity index (χ1n) is 9.55. The maximum absolute atomic E-state index is 12.5. The van der Waals surface area contributed by atoms with Crippen LogP contribution in [0, 0.1) is 5.92 Å². The minimum absolute atomic E-state index is 0.0109. The van der Waals surface area contributed by atoms with Crippen molar-refractivity contribution in [2.24, 2.45) is 5.92 Å². The number of amides is 3. The molecule has 0 atom stereocenters. The van der Waals surface area contributed by atoms with E-state index in [1.54, 1.807) is 29.2 Å². The zero-order valence-electron chi connectivity index (χ0n) is 16.5. The van der Waals surface area contributed by atoms with Crippen LogP contribution >= 0.6 is 0 Å². The largest absolute Gasteiger partial charge is 0.333 e. The number of piperidine rings is 1. The molecule has 0 saturated carbocycles. The van der Waals surface area contributed by atoms with Crippen LogP contribution in [0.4, 0.5) is 11.4 Å². The highest BCUT2D eigenvalue weighted by Gasteiger charge is 2.21. The molecule has 7 heteroatoms. The zero-order valence-corrected chi connectivity index (χ0v) is 16.5. The quantitative estimate of drug-likeness (QED) is 0.766. The summed E-state index contributed by atoms with van der Waals surface area (Å²) in [5, 5.41) is 5.47. The van der Waals surface area contributed by atoms with E-state index in [0.29, 0.717) is 24.5 Å². The van der Waals surface area contributed by atoms with Gasteiger partial charge in [0.15, 0.2) is 0 Å². The maximum atomic E-state index is 12.5. The van der Waals surface area contributed by atoms with Gasteiger partial charge in [0.25, 0.3) is 0 Å². The van der Waals surface area contributed by atoms with Gasteiger partial charge in [-0.15, -0.1) is 0 Å². The van der Waals surface area contributed by atoms with Crippen LogP contribution in [0.15, 0.2) is 24.3 Å². The van der Waals surface area contributed by atoms with Crippen molar-refractivity contribution in [3.05, 3.63) is 24.3 Å². The molecule has 1 aromatic carbocycles. The number of hydrogen-bond donors (Lipinski definition) is 2. The number of anilines is 2. The summed E-state index contributed by atoms with van der Waals surface area (Å²) in [6.45, 7) is 8.35. The number of hydrogen-bond acceptors (Lipinski definition) is 4. The van der Waals surface area contributed by atoms with Crippen LogP contribution in [0.1, 0.15) is 33.6 Å². The normalized spacial score (nSPS) is 15.2. The average molecular weight is 374 g/mol. The summed E-state index contributed by atoms with van der Waals surface area (Å²) in [6.07, 6.45) is 2.24. The molecule has 7 nitrogen and oxygen atoms in total. The van der Waals surface area contributed by atoms with E-state index in [-0.39, 0.29) is 24.3 Å². The zero-order chi connectivity index (χ0) is 19.8. The molecular formula is C20H30N4O3. The number of likely N-dealkylation sites (N-methyl/N-ethyl adjacent to an activating group) is 1. The molecule has 0 unspecified atom stereocenters. The fourth-order valence-electron chi connectivity index (χ4n) is 3.10. The second-order valence-electron chi connectivity index (χ2n) is 7.17. The van der Waals surface area contributed by atoms with Crippen LogP contribution in [0.5, 0.6) is 0 Å². The van der Waals surface area contributed by atoms with E-state index in [4.69, 9.17) is 0 Å². The SMILES string of the molecule is CCN(CC(=O)Nc1ccc(NC(C)=O)cc1)C(=O)CN1CCC(C)CC1. The smallest absolute Gasteiger partial charge is 0.243 e. The van der Waals surface area contributed by atoms with Crippen molar-refractivity contribution >= 4 is 29.1 Å². The first kappa shape index (κ1) is 20.9. The molecule has 27 heavy (non-hydrogen) atoms. The summed E-state index contributed by atoms with van der Waals surface area (Å²) in [5.74, 6) is 0.335. The fraction of sp³-hybridized carbons (Fsp3) is 0.550. The van der Waals surface area contributed by atoms with Crippen LogP contribution < -0.4 is 10.6 Å². The van der Waals surface area contributed by atoms with Crippen LogP contribution in [-0.2, 0) is 14.4 Å². The molecule has 2 N–H and O–H groups in total. The standard InChI is InChI=1S/C20H30N4O3/c1-4-24(20(27)14-23-11-9-15(2)10-12-23)13-19(26)22-18-7-5-17(6-8-18)21-16(3)25/h5-8,15H,4,9-14H2,1-3H3,(H,21,25)(H,22,26). The topological polar surface area (TPSA) is 81.8 Å².